The van der Waals surface area contributed by atoms with Crippen LogP contribution in [0.15, 0.2) is 12.4 Å². The molecule has 6 nitrogen and oxygen atoms in total. The highest BCUT2D eigenvalue weighted by Crippen LogP contribution is 2.26. The molecular weight excluding hydrogens is 266 g/mol. The maximum Gasteiger partial charge on any atom is 0.255 e. The first kappa shape index (κ1) is 14.0. The summed E-state index contributed by atoms with van der Waals surface area (Å²) >= 11 is 5.95. The number of hydrogen-bond acceptors (Lipinski definition) is 5. The number of nitrogens with zero attached hydrogens (tertiary/aromatic N) is 4. The summed E-state index contributed by atoms with van der Waals surface area (Å²) < 4.78 is 1.60. The zero-order valence-corrected chi connectivity index (χ0v) is 11.9. The van der Waals surface area contributed by atoms with Crippen molar-refractivity contribution < 1.29 is 5.11 Å². The van der Waals surface area contributed by atoms with Crippen molar-refractivity contribution in [1.29, 1.82) is 0 Å². The number of anilines is 1. The van der Waals surface area contributed by atoms with Crippen LogP contribution in [0.3, 0.4) is 0 Å². The molecule has 0 saturated heterocycles. The van der Waals surface area contributed by atoms with Crippen molar-refractivity contribution in [1.82, 2.24) is 19.6 Å². The third-order valence-electron chi connectivity index (χ3n) is 3.70. The molecule has 0 aliphatic rings. The van der Waals surface area contributed by atoms with Crippen molar-refractivity contribution >= 4 is 23.2 Å². The summed E-state index contributed by atoms with van der Waals surface area (Å²) in [5, 5.41) is 17.3. The van der Waals surface area contributed by atoms with E-state index in [2.05, 4.69) is 34.2 Å². The molecule has 2 rings (SSSR count). The first-order valence-corrected chi connectivity index (χ1v) is 6.73. The molecule has 2 aromatic heterocycles. The highest BCUT2D eigenvalue weighted by molar-refractivity contribution is 6.29. The normalized spacial score (nSPS) is 12.0. The van der Waals surface area contributed by atoms with Crippen LogP contribution in [0.2, 0.25) is 5.15 Å². The average Bonchev–Trinajstić information content (AvgIpc) is 2.88. The lowest BCUT2D eigenvalue weighted by Crippen LogP contribution is -2.32. The minimum atomic E-state index is -0.136. The smallest absolute Gasteiger partial charge is 0.255 e. The molecule has 0 atom stereocenters. The van der Waals surface area contributed by atoms with Crippen LogP contribution in [0.4, 0.5) is 5.82 Å². The number of nitrogens with one attached hydrogen (secondary N) is 1. The number of aliphatic hydroxyl groups is 1. The lowest BCUT2D eigenvalue weighted by Gasteiger charge is -2.29. The van der Waals surface area contributed by atoms with Crippen molar-refractivity contribution in [2.75, 3.05) is 18.5 Å². The summed E-state index contributed by atoms with van der Waals surface area (Å²) in [7, 11) is 0. The highest BCUT2D eigenvalue weighted by atomic mass is 35.5. The highest BCUT2D eigenvalue weighted by Gasteiger charge is 2.25. The molecule has 2 aromatic rings. The van der Waals surface area contributed by atoms with Crippen molar-refractivity contribution in [3.63, 3.8) is 0 Å². The van der Waals surface area contributed by atoms with Crippen LogP contribution in [0.25, 0.3) is 5.78 Å². The summed E-state index contributed by atoms with van der Waals surface area (Å²) in [6.45, 7) is 4.94. The Morgan fingerprint density at radius 2 is 2.16 bits per heavy atom. The Morgan fingerprint density at radius 1 is 1.42 bits per heavy atom. The molecule has 19 heavy (non-hydrogen) atoms. The Bertz CT molecular complexity index is 544. The van der Waals surface area contributed by atoms with Crippen molar-refractivity contribution in [2.24, 2.45) is 5.41 Å². The van der Waals surface area contributed by atoms with E-state index in [-0.39, 0.29) is 12.0 Å². The lowest BCUT2D eigenvalue weighted by molar-refractivity contribution is 0.127. The number of aromatic nitrogens is 4. The first-order valence-electron chi connectivity index (χ1n) is 6.35. The second-order valence-electron chi connectivity index (χ2n) is 4.65. The van der Waals surface area contributed by atoms with Gasteiger partial charge in [-0.15, -0.1) is 0 Å². The molecule has 2 N–H and O–H groups in total. The summed E-state index contributed by atoms with van der Waals surface area (Å²) in [4.78, 5) is 8.08. The SMILES string of the molecule is CCC(CC)(CO)CNc1cc(Cl)nc2ncnn12. The van der Waals surface area contributed by atoms with E-state index in [1.54, 1.807) is 10.6 Å². The fraction of sp³-hybridized carbons (Fsp3) is 0.583. The van der Waals surface area contributed by atoms with Gasteiger partial charge >= 0.3 is 0 Å². The van der Waals surface area contributed by atoms with E-state index in [0.717, 1.165) is 18.7 Å². The Morgan fingerprint density at radius 3 is 2.79 bits per heavy atom. The third-order valence-corrected chi connectivity index (χ3v) is 3.89. The molecule has 0 spiro atoms. The number of hydrogen-bond donors (Lipinski definition) is 2. The van der Waals surface area contributed by atoms with E-state index in [4.69, 9.17) is 11.6 Å². The maximum atomic E-state index is 9.57. The molecule has 0 saturated carbocycles. The van der Waals surface area contributed by atoms with Gasteiger partial charge in [0.15, 0.2) is 0 Å². The van der Waals surface area contributed by atoms with Crippen molar-refractivity contribution in [3.8, 4) is 0 Å². The van der Waals surface area contributed by atoms with Gasteiger partial charge in [0.25, 0.3) is 5.78 Å². The molecule has 0 radical (unpaired) electrons. The fourth-order valence-electron chi connectivity index (χ4n) is 1.97. The predicted molar refractivity (Wildman–Crippen MR) is 74.4 cm³/mol. The zero-order chi connectivity index (χ0) is 13.9. The Labute approximate surface area is 116 Å². The van der Waals surface area contributed by atoms with E-state index in [1.807, 2.05) is 0 Å². The van der Waals surface area contributed by atoms with Gasteiger partial charge in [0.05, 0.1) is 6.61 Å². The number of aliphatic hydroxyl groups excluding tert-OH is 1. The Hall–Kier alpha value is -1.40. The van der Waals surface area contributed by atoms with E-state index >= 15 is 0 Å². The third kappa shape index (κ3) is 2.79. The van der Waals surface area contributed by atoms with E-state index in [9.17, 15) is 5.11 Å². The average molecular weight is 284 g/mol. The van der Waals surface area contributed by atoms with Gasteiger partial charge in [-0.2, -0.15) is 19.6 Å². The summed E-state index contributed by atoms with van der Waals surface area (Å²) in [5.41, 5.74) is -0.136. The topological polar surface area (TPSA) is 75.3 Å². The Kier molecular flexibility index (Phi) is 4.21. The standard InChI is InChI=1S/C12H18ClN5O/c1-3-12(4-2,7-19)6-14-10-5-9(13)17-11-15-8-16-18(10)11/h5,8,14,19H,3-4,6-7H2,1-2H3. The molecule has 0 aromatic carbocycles. The molecule has 0 aliphatic carbocycles. The van der Waals surface area contributed by atoms with Gasteiger partial charge in [0.1, 0.15) is 17.3 Å². The van der Waals surface area contributed by atoms with Crippen LogP contribution < -0.4 is 5.32 Å². The molecule has 0 unspecified atom stereocenters. The number of fused-ring (bicyclic) bond motifs is 1. The van der Waals surface area contributed by atoms with Crippen LogP contribution in [-0.4, -0.2) is 37.8 Å². The van der Waals surface area contributed by atoms with E-state index in [0.29, 0.717) is 17.5 Å². The van der Waals surface area contributed by atoms with E-state index < -0.39 is 0 Å². The summed E-state index contributed by atoms with van der Waals surface area (Å²) in [6, 6.07) is 1.71. The van der Waals surface area contributed by atoms with Crippen LogP contribution in [0.1, 0.15) is 26.7 Å². The Balaban J connectivity index is 2.24. The van der Waals surface area contributed by atoms with Crippen molar-refractivity contribution in [2.45, 2.75) is 26.7 Å². The van der Waals surface area contributed by atoms with Crippen LogP contribution in [0.5, 0.6) is 0 Å². The largest absolute Gasteiger partial charge is 0.396 e. The molecule has 7 heteroatoms. The lowest BCUT2D eigenvalue weighted by atomic mass is 9.83. The molecule has 104 valence electrons. The number of halogens is 1. The molecule has 0 amide bonds. The molecule has 0 bridgehead atoms. The van der Waals surface area contributed by atoms with Gasteiger partial charge in [0.2, 0.25) is 0 Å². The minimum Gasteiger partial charge on any atom is -0.396 e. The summed E-state index contributed by atoms with van der Waals surface area (Å²) in [6.07, 6.45) is 3.22. The van der Waals surface area contributed by atoms with Gasteiger partial charge in [-0.1, -0.05) is 25.4 Å². The summed E-state index contributed by atoms with van der Waals surface area (Å²) in [5.74, 6) is 1.19. The van der Waals surface area contributed by atoms with Gasteiger partial charge < -0.3 is 10.4 Å². The van der Waals surface area contributed by atoms with E-state index in [1.165, 1.54) is 6.33 Å². The quantitative estimate of drug-likeness (QED) is 0.793. The number of rotatable bonds is 6. The molecule has 0 aliphatic heterocycles. The molecular formula is C12H18ClN5O. The first-order chi connectivity index (χ1) is 9.14. The zero-order valence-electron chi connectivity index (χ0n) is 11.1. The second kappa shape index (κ2) is 5.71. The second-order valence-corrected chi connectivity index (χ2v) is 5.04. The van der Waals surface area contributed by atoms with Gasteiger partial charge in [-0.05, 0) is 12.8 Å². The fourth-order valence-corrected chi connectivity index (χ4v) is 2.15. The minimum absolute atomic E-state index is 0.136. The van der Waals surface area contributed by atoms with Crippen LogP contribution >= 0.6 is 11.6 Å². The van der Waals surface area contributed by atoms with Crippen LogP contribution in [0, 0.1) is 5.41 Å². The maximum absolute atomic E-state index is 9.57. The van der Waals surface area contributed by atoms with Gasteiger partial charge in [0, 0.05) is 18.0 Å². The predicted octanol–water partition coefficient (Wildman–Crippen LogP) is 1.99. The van der Waals surface area contributed by atoms with Gasteiger partial charge in [-0.3, -0.25) is 0 Å². The molecule has 0 fully saturated rings. The van der Waals surface area contributed by atoms with Crippen molar-refractivity contribution in [3.05, 3.63) is 17.5 Å². The van der Waals surface area contributed by atoms with Crippen LogP contribution in [-0.2, 0) is 0 Å². The molecule has 2 heterocycles. The monoisotopic (exact) mass is 283 g/mol. The van der Waals surface area contributed by atoms with Gasteiger partial charge in [-0.25, -0.2) is 0 Å².